The average Bonchev–Trinajstić information content (AvgIpc) is 2.69. The molecule has 0 spiro atoms. The second-order valence-corrected chi connectivity index (χ2v) is 7.95. The number of amides is 1. The maximum absolute atomic E-state index is 13.5. The highest BCUT2D eigenvalue weighted by Gasteiger charge is 2.49. The average molecular weight is 329 g/mol. The maximum atomic E-state index is 13.5. The molecule has 0 saturated carbocycles. The molecule has 1 saturated heterocycles. The molecule has 0 bridgehead atoms. The van der Waals surface area contributed by atoms with Crippen LogP contribution >= 0.6 is 0 Å². The van der Waals surface area contributed by atoms with E-state index in [4.69, 9.17) is 4.74 Å². The zero-order valence-corrected chi connectivity index (χ0v) is 13.9. The van der Waals surface area contributed by atoms with Crippen LogP contribution in [0.3, 0.4) is 0 Å². The predicted octanol–water partition coefficient (Wildman–Crippen LogP) is 2.08. The molecule has 0 N–H and O–H groups in total. The van der Waals surface area contributed by atoms with Gasteiger partial charge in [0.25, 0.3) is 0 Å². The fourth-order valence-electron chi connectivity index (χ4n) is 2.94. The highest BCUT2D eigenvalue weighted by Crippen LogP contribution is 2.41. The molecule has 1 heterocycles. The van der Waals surface area contributed by atoms with Gasteiger partial charge in [-0.2, -0.15) is 0 Å². The Morgan fingerprint density at radius 2 is 1.86 bits per heavy atom. The van der Waals surface area contributed by atoms with Gasteiger partial charge in [0.05, 0.1) is 10.9 Å². The minimum absolute atomic E-state index is 0.189. The Labute approximate surface area is 130 Å². The SMILES string of the molecule is CC(=O)N1[C@H](CF)[C@@H](c2ccc(S(C)(=O)=O)cc2)OC1(C)C. The lowest BCUT2D eigenvalue weighted by Gasteiger charge is -2.31. The quantitative estimate of drug-likeness (QED) is 0.852. The summed E-state index contributed by atoms with van der Waals surface area (Å²) in [4.78, 5) is 13.4. The van der Waals surface area contributed by atoms with Gasteiger partial charge >= 0.3 is 0 Å². The Kier molecular flexibility index (Phi) is 4.32. The molecule has 1 aromatic rings. The Morgan fingerprint density at radius 1 is 1.32 bits per heavy atom. The van der Waals surface area contributed by atoms with E-state index < -0.39 is 34.4 Å². The van der Waals surface area contributed by atoms with Crippen LogP contribution in [0.5, 0.6) is 0 Å². The number of nitrogens with zero attached hydrogens (tertiary/aromatic N) is 1. The first kappa shape index (κ1) is 16.9. The minimum Gasteiger partial charge on any atom is -0.346 e. The van der Waals surface area contributed by atoms with Crippen LogP contribution in [0.4, 0.5) is 4.39 Å². The molecular formula is C15H20FNO4S. The smallest absolute Gasteiger partial charge is 0.222 e. The molecule has 0 radical (unpaired) electrons. The summed E-state index contributed by atoms with van der Waals surface area (Å²) in [5.41, 5.74) is -0.269. The van der Waals surface area contributed by atoms with Crippen molar-refractivity contribution in [2.75, 3.05) is 12.9 Å². The van der Waals surface area contributed by atoms with Crippen LogP contribution in [-0.4, -0.2) is 43.9 Å². The number of hydrogen-bond donors (Lipinski definition) is 0. The highest BCUT2D eigenvalue weighted by molar-refractivity contribution is 7.90. The molecule has 1 aliphatic rings. The van der Waals surface area contributed by atoms with E-state index in [2.05, 4.69) is 0 Å². The van der Waals surface area contributed by atoms with Crippen molar-refractivity contribution in [1.82, 2.24) is 4.90 Å². The van der Waals surface area contributed by atoms with Gasteiger partial charge in [-0.15, -0.1) is 0 Å². The van der Waals surface area contributed by atoms with Crippen LogP contribution in [0, 0.1) is 0 Å². The second-order valence-electron chi connectivity index (χ2n) is 5.94. The largest absolute Gasteiger partial charge is 0.346 e. The van der Waals surface area contributed by atoms with E-state index in [0.717, 1.165) is 6.26 Å². The van der Waals surface area contributed by atoms with E-state index >= 15 is 0 Å². The molecular weight excluding hydrogens is 309 g/mol. The summed E-state index contributed by atoms with van der Waals surface area (Å²) in [5.74, 6) is -0.261. The lowest BCUT2D eigenvalue weighted by atomic mass is 10.0. The number of hydrogen-bond acceptors (Lipinski definition) is 4. The molecule has 1 aliphatic heterocycles. The van der Waals surface area contributed by atoms with Crippen molar-refractivity contribution in [2.24, 2.45) is 0 Å². The molecule has 2 rings (SSSR count). The highest BCUT2D eigenvalue weighted by atomic mass is 32.2. The van der Waals surface area contributed by atoms with Crippen molar-refractivity contribution in [2.45, 2.75) is 43.5 Å². The van der Waals surface area contributed by atoms with Gasteiger partial charge in [0.1, 0.15) is 18.5 Å². The molecule has 1 fully saturated rings. The summed E-state index contributed by atoms with van der Waals surface area (Å²) in [5, 5.41) is 0. The molecule has 0 unspecified atom stereocenters. The molecule has 1 aromatic carbocycles. The van der Waals surface area contributed by atoms with Crippen LogP contribution in [0.2, 0.25) is 0 Å². The Bertz CT molecular complexity index is 669. The van der Waals surface area contributed by atoms with Crippen LogP contribution in [0.1, 0.15) is 32.4 Å². The lowest BCUT2D eigenvalue weighted by molar-refractivity contribution is -0.145. The van der Waals surface area contributed by atoms with Crippen molar-refractivity contribution >= 4 is 15.7 Å². The maximum Gasteiger partial charge on any atom is 0.222 e. The van der Waals surface area contributed by atoms with Crippen molar-refractivity contribution in [3.05, 3.63) is 29.8 Å². The third kappa shape index (κ3) is 3.01. The molecule has 7 heteroatoms. The molecule has 122 valence electrons. The monoisotopic (exact) mass is 329 g/mol. The van der Waals surface area contributed by atoms with Crippen molar-refractivity contribution < 1.29 is 22.3 Å². The lowest BCUT2D eigenvalue weighted by Crippen LogP contribution is -2.47. The third-order valence-corrected chi connectivity index (χ3v) is 4.94. The van der Waals surface area contributed by atoms with Crippen molar-refractivity contribution in [3.63, 3.8) is 0 Å². The van der Waals surface area contributed by atoms with Gasteiger partial charge in [-0.1, -0.05) is 12.1 Å². The van der Waals surface area contributed by atoms with Gasteiger partial charge in [-0.25, -0.2) is 12.8 Å². The Morgan fingerprint density at radius 3 is 2.27 bits per heavy atom. The fraction of sp³-hybridized carbons (Fsp3) is 0.533. The summed E-state index contributed by atoms with van der Waals surface area (Å²) in [7, 11) is -3.29. The van der Waals surface area contributed by atoms with E-state index in [1.807, 2.05) is 0 Å². The van der Waals surface area contributed by atoms with Gasteiger partial charge < -0.3 is 9.64 Å². The van der Waals surface area contributed by atoms with Gasteiger partial charge in [-0.05, 0) is 31.5 Å². The van der Waals surface area contributed by atoms with E-state index in [1.54, 1.807) is 26.0 Å². The topological polar surface area (TPSA) is 63.7 Å². The minimum atomic E-state index is -3.29. The predicted molar refractivity (Wildman–Crippen MR) is 79.7 cm³/mol. The first-order valence-electron chi connectivity index (χ1n) is 6.91. The Hall–Kier alpha value is -1.47. The summed E-state index contributed by atoms with van der Waals surface area (Å²) in [6.45, 7) is 4.06. The van der Waals surface area contributed by atoms with E-state index in [9.17, 15) is 17.6 Å². The standard InChI is InChI=1S/C15H20FNO4S/c1-10(18)17-13(9-16)14(21-15(17,2)3)11-5-7-12(8-6-11)22(4,19)20/h5-8,13-14H,9H2,1-4H3/t13-,14-/m1/s1. The van der Waals surface area contributed by atoms with Crippen molar-refractivity contribution in [3.8, 4) is 0 Å². The number of alkyl halides is 1. The van der Waals surface area contributed by atoms with Gasteiger partial charge in [0, 0.05) is 13.2 Å². The first-order chi connectivity index (χ1) is 10.1. The molecule has 0 aliphatic carbocycles. The number of sulfone groups is 1. The Balaban J connectivity index is 2.38. The van der Waals surface area contributed by atoms with E-state index in [-0.39, 0.29) is 10.8 Å². The normalized spacial score (nSPS) is 24.5. The van der Waals surface area contributed by atoms with Crippen LogP contribution in [0.15, 0.2) is 29.2 Å². The van der Waals surface area contributed by atoms with Gasteiger partial charge in [0.15, 0.2) is 9.84 Å². The zero-order valence-electron chi connectivity index (χ0n) is 13.0. The van der Waals surface area contributed by atoms with Crippen LogP contribution in [-0.2, 0) is 19.4 Å². The van der Waals surface area contributed by atoms with Crippen molar-refractivity contribution in [1.29, 1.82) is 0 Å². The number of benzene rings is 1. The van der Waals surface area contributed by atoms with Crippen LogP contribution < -0.4 is 0 Å². The number of halogens is 1. The molecule has 0 aromatic heterocycles. The summed E-state index contributed by atoms with van der Waals surface area (Å²) < 4.78 is 42.3. The number of carbonyl (C=O) groups is 1. The second kappa shape index (κ2) is 5.62. The van der Waals surface area contributed by atoms with E-state index in [0.29, 0.717) is 5.56 Å². The first-order valence-corrected chi connectivity index (χ1v) is 8.81. The van der Waals surface area contributed by atoms with Gasteiger partial charge in [0.2, 0.25) is 5.91 Å². The number of carbonyl (C=O) groups excluding carboxylic acids is 1. The zero-order chi connectivity index (χ0) is 16.7. The summed E-state index contributed by atoms with van der Waals surface area (Å²) in [6, 6.07) is 5.41. The van der Waals surface area contributed by atoms with Crippen LogP contribution in [0.25, 0.3) is 0 Å². The third-order valence-electron chi connectivity index (χ3n) is 3.81. The van der Waals surface area contributed by atoms with E-state index in [1.165, 1.54) is 24.0 Å². The number of rotatable bonds is 3. The molecule has 1 amide bonds. The summed E-state index contributed by atoms with van der Waals surface area (Å²) >= 11 is 0. The molecule has 22 heavy (non-hydrogen) atoms. The molecule has 2 atom stereocenters. The van der Waals surface area contributed by atoms with Gasteiger partial charge in [-0.3, -0.25) is 4.79 Å². The number of ether oxygens (including phenoxy) is 1. The fourth-order valence-corrected chi connectivity index (χ4v) is 3.57. The molecule has 5 nitrogen and oxygen atoms in total. The summed E-state index contributed by atoms with van der Waals surface area (Å²) in [6.07, 6.45) is 0.497.